The summed E-state index contributed by atoms with van der Waals surface area (Å²) in [4.78, 5) is 0. The lowest BCUT2D eigenvalue weighted by Gasteiger charge is -2.15. The maximum Gasteiger partial charge on any atom is 0.387 e. The third-order valence-corrected chi connectivity index (χ3v) is 3.83. The fraction of sp³-hybridized carbons (Fsp3) is 0.625. The number of benzene rings is 1. The van der Waals surface area contributed by atoms with Crippen LogP contribution in [0.1, 0.15) is 29.5 Å². The fourth-order valence-electron chi connectivity index (χ4n) is 2.86. The third-order valence-electron chi connectivity index (χ3n) is 3.83. The van der Waals surface area contributed by atoms with Crippen molar-refractivity contribution in [1.82, 2.24) is 5.32 Å². The lowest BCUT2D eigenvalue weighted by Crippen LogP contribution is -2.27. The third kappa shape index (κ3) is 4.63. The Morgan fingerprint density at radius 2 is 1.91 bits per heavy atom. The van der Waals surface area contributed by atoms with E-state index in [1.165, 1.54) is 0 Å². The van der Waals surface area contributed by atoms with Gasteiger partial charge in [-0.2, -0.15) is 8.78 Å². The van der Waals surface area contributed by atoms with Gasteiger partial charge >= 0.3 is 6.61 Å². The van der Waals surface area contributed by atoms with Crippen molar-refractivity contribution in [3.8, 4) is 5.75 Å². The molecule has 0 radical (unpaired) electrons. The van der Waals surface area contributed by atoms with Crippen molar-refractivity contribution >= 4 is 0 Å². The molecule has 1 aliphatic rings. The van der Waals surface area contributed by atoms with Crippen LogP contribution in [-0.4, -0.2) is 37.1 Å². The second kappa shape index (κ2) is 7.85. The number of halogens is 2. The number of nitrogens with one attached hydrogen (secondary N) is 1. The van der Waals surface area contributed by atoms with Crippen LogP contribution in [0, 0.1) is 13.8 Å². The summed E-state index contributed by atoms with van der Waals surface area (Å²) in [6.45, 7) is 2.14. The number of hydrogen-bond acceptors (Lipinski definition) is 4. The fourth-order valence-corrected chi connectivity index (χ4v) is 2.86. The molecule has 0 saturated carbocycles. The van der Waals surface area contributed by atoms with E-state index in [9.17, 15) is 8.78 Å². The van der Waals surface area contributed by atoms with Crippen molar-refractivity contribution < 1.29 is 23.4 Å². The number of aliphatic hydroxyl groups excluding tert-OH is 1. The first-order valence-electron chi connectivity index (χ1n) is 7.51. The predicted molar refractivity (Wildman–Crippen MR) is 79.2 cm³/mol. The van der Waals surface area contributed by atoms with Crippen LogP contribution in [0.15, 0.2) is 12.1 Å². The molecule has 0 aromatic heterocycles. The van der Waals surface area contributed by atoms with Gasteiger partial charge in [0.1, 0.15) is 5.75 Å². The minimum absolute atomic E-state index is 0.0398. The Labute approximate surface area is 129 Å². The van der Waals surface area contributed by atoms with E-state index in [2.05, 4.69) is 10.1 Å². The van der Waals surface area contributed by atoms with Crippen LogP contribution in [0.25, 0.3) is 0 Å². The minimum Gasteiger partial charge on any atom is -0.434 e. The number of rotatable bonds is 7. The topological polar surface area (TPSA) is 50.7 Å². The first-order valence-corrected chi connectivity index (χ1v) is 7.51. The Kier molecular flexibility index (Phi) is 6.11. The average Bonchev–Trinajstić information content (AvgIpc) is 2.91. The van der Waals surface area contributed by atoms with E-state index in [0.29, 0.717) is 24.2 Å². The molecule has 1 aromatic rings. The zero-order valence-corrected chi connectivity index (χ0v) is 12.9. The lowest BCUT2D eigenvalue weighted by atomic mass is 10.1. The van der Waals surface area contributed by atoms with E-state index in [-0.39, 0.29) is 24.6 Å². The van der Waals surface area contributed by atoms with Crippen molar-refractivity contribution in [2.45, 2.75) is 52.1 Å². The second-order valence-corrected chi connectivity index (χ2v) is 5.71. The van der Waals surface area contributed by atoms with Crippen LogP contribution in [0.5, 0.6) is 5.75 Å². The van der Waals surface area contributed by atoms with Gasteiger partial charge in [0.2, 0.25) is 0 Å². The molecule has 6 heteroatoms. The van der Waals surface area contributed by atoms with Gasteiger partial charge in [-0.3, -0.25) is 0 Å². The molecule has 2 atom stereocenters. The highest BCUT2D eigenvalue weighted by molar-refractivity contribution is 5.43. The number of aryl methyl sites for hydroxylation is 2. The molecule has 2 N–H and O–H groups in total. The van der Waals surface area contributed by atoms with Gasteiger partial charge in [0.25, 0.3) is 0 Å². The largest absolute Gasteiger partial charge is 0.434 e. The van der Waals surface area contributed by atoms with E-state index < -0.39 is 6.61 Å². The van der Waals surface area contributed by atoms with Crippen LogP contribution in [0.3, 0.4) is 0 Å². The van der Waals surface area contributed by atoms with Crippen LogP contribution in [0.4, 0.5) is 8.78 Å². The summed E-state index contributed by atoms with van der Waals surface area (Å²) < 4.78 is 34.9. The SMILES string of the molecule is Cc1cc(CNC[C@H]2CC[C@@H](CO)O2)cc(C)c1OC(F)F. The average molecular weight is 315 g/mol. The first kappa shape index (κ1) is 17.1. The van der Waals surface area contributed by atoms with Crippen molar-refractivity contribution in [1.29, 1.82) is 0 Å². The summed E-state index contributed by atoms with van der Waals surface area (Å²) in [5.41, 5.74) is 2.43. The summed E-state index contributed by atoms with van der Waals surface area (Å²) in [6, 6.07) is 3.70. The highest BCUT2D eigenvalue weighted by Gasteiger charge is 2.23. The molecule has 0 unspecified atom stereocenters. The standard InChI is InChI=1S/C16H23F2NO3/c1-10-5-12(6-11(2)15(10)22-16(17)18)7-19-8-13-3-4-14(9-20)21-13/h5-6,13-14,16,19-20H,3-4,7-9H2,1-2H3/t13-,14+/m1/s1. The molecular formula is C16H23F2NO3. The smallest absolute Gasteiger partial charge is 0.387 e. The molecule has 1 aromatic carbocycles. The summed E-state index contributed by atoms with van der Waals surface area (Å²) >= 11 is 0. The molecule has 0 amide bonds. The number of hydrogen-bond donors (Lipinski definition) is 2. The molecule has 2 rings (SSSR count). The van der Waals surface area contributed by atoms with Gasteiger partial charge in [-0.25, -0.2) is 0 Å². The van der Waals surface area contributed by atoms with Gasteiger partial charge < -0.3 is 19.9 Å². The predicted octanol–water partition coefficient (Wildman–Crippen LogP) is 2.53. The van der Waals surface area contributed by atoms with Gasteiger partial charge in [0.15, 0.2) is 0 Å². The molecule has 1 heterocycles. The molecule has 1 aliphatic heterocycles. The monoisotopic (exact) mass is 315 g/mol. The van der Waals surface area contributed by atoms with Gasteiger partial charge in [-0.05, 0) is 43.4 Å². The first-order chi connectivity index (χ1) is 10.5. The highest BCUT2D eigenvalue weighted by atomic mass is 19.3. The van der Waals surface area contributed by atoms with Crippen LogP contribution in [-0.2, 0) is 11.3 Å². The molecule has 124 valence electrons. The van der Waals surface area contributed by atoms with E-state index in [4.69, 9.17) is 9.84 Å². The maximum absolute atomic E-state index is 12.4. The summed E-state index contributed by atoms with van der Waals surface area (Å²) in [7, 11) is 0. The maximum atomic E-state index is 12.4. The zero-order valence-electron chi connectivity index (χ0n) is 12.9. The molecule has 0 aliphatic carbocycles. The molecule has 1 saturated heterocycles. The Morgan fingerprint density at radius 3 is 2.45 bits per heavy atom. The summed E-state index contributed by atoms with van der Waals surface area (Å²) in [6.07, 6.45) is 1.92. The van der Waals surface area contributed by atoms with Crippen LogP contribution in [0.2, 0.25) is 0 Å². The Bertz CT molecular complexity index is 473. The number of ether oxygens (including phenoxy) is 2. The van der Waals surface area contributed by atoms with E-state index in [1.807, 2.05) is 12.1 Å². The molecule has 0 bridgehead atoms. The summed E-state index contributed by atoms with van der Waals surface area (Å²) in [5.74, 6) is 0.253. The molecule has 0 spiro atoms. The van der Waals surface area contributed by atoms with Crippen LogP contribution >= 0.6 is 0 Å². The Balaban J connectivity index is 1.86. The molecule has 1 fully saturated rings. The minimum atomic E-state index is -2.81. The van der Waals surface area contributed by atoms with Crippen molar-refractivity contribution in [2.75, 3.05) is 13.2 Å². The summed E-state index contributed by atoms with van der Waals surface area (Å²) in [5, 5.41) is 12.3. The Morgan fingerprint density at radius 1 is 1.27 bits per heavy atom. The van der Waals surface area contributed by atoms with Gasteiger partial charge in [0.05, 0.1) is 18.8 Å². The number of alkyl halides is 2. The van der Waals surface area contributed by atoms with Gasteiger partial charge in [0, 0.05) is 13.1 Å². The lowest BCUT2D eigenvalue weighted by molar-refractivity contribution is -0.0507. The van der Waals surface area contributed by atoms with Gasteiger partial charge in [-0.1, -0.05) is 12.1 Å². The molecular weight excluding hydrogens is 292 g/mol. The zero-order chi connectivity index (χ0) is 16.1. The quantitative estimate of drug-likeness (QED) is 0.812. The van der Waals surface area contributed by atoms with Crippen LogP contribution < -0.4 is 10.1 Å². The van der Waals surface area contributed by atoms with E-state index >= 15 is 0 Å². The number of aliphatic hydroxyl groups is 1. The van der Waals surface area contributed by atoms with E-state index in [0.717, 1.165) is 18.4 Å². The van der Waals surface area contributed by atoms with Gasteiger partial charge in [-0.15, -0.1) is 0 Å². The van der Waals surface area contributed by atoms with Crippen molar-refractivity contribution in [2.24, 2.45) is 0 Å². The molecule has 4 nitrogen and oxygen atoms in total. The van der Waals surface area contributed by atoms with Crippen molar-refractivity contribution in [3.05, 3.63) is 28.8 Å². The highest BCUT2D eigenvalue weighted by Crippen LogP contribution is 2.26. The second-order valence-electron chi connectivity index (χ2n) is 5.71. The van der Waals surface area contributed by atoms with E-state index in [1.54, 1.807) is 13.8 Å². The molecule has 22 heavy (non-hydrogen) atoms. The normalized spacial score (nSPS) is 21.5. The van der Waals surface area contributed by atoms with Crippen molar-refractivity contribution in [3.63, 3.8) is 0 Å². The Hall–Kier alpha value is -1.24.